The van der Waals surface area contributed by atoms with E-state index in [4.69, 9.17) is 34.8 Å². The number of fused-ring (bicyclic) bond motifs is 1. The minimum absolute atomic E-state index is 0.0628. The van der Waals surface area contributed by atoms with Crippen LogP contribution in [0.15, 0.2) is 28.9 Å². The number of hydrogen-bond donors (Lipinski definition) is 1. The van der Waals surface area contributed by atoms with Crippen molar-refractivity contribution in [3.8, 4) is 0 Å². The van der Waals surface area contributed by atoms with E-state index in [0.717, 1.165) is 6.07 Å². The van der Waals surface area contributed by atoms with Gasteiger partial charge in [-0.25, -0.2) is 0 Å². The van der Waals surface area contributed by atoms with Gasteiger partial charge in [0, 0.05) is 16.2 Å². The van der Waals surface area contributed by atoms with Gasteiger partial charge in [-0.1, -0.05) is 34.8 Å². The van der Waals surface area contributed by atoms with Crippen molar-refractivity contribution >= 4 is 62.9 Å². The van der Waals surface area contributed by atoms with Gasteiger partial charge >= 0.3 is 5.69 Å². The maximum Gasteiger partial charge on any atom is 0.316 e. The summed E-state index contributed by atoms with van der Waals surface area (Å²) in [6.07, 6.45) is 0. The van der Waals surface area contributed by atoms with Gasteiger partial charge in [0.2, 0.25) is 5.52 Å². The van der Waals surface area contributed by atoms with Crippen LogP contribution in [-0.4, -0.2) is 10.1 Å². The van der Waals surface area contributed by atoms with Crippen molar-refractivity contribution in [3.63, 3.8) is 0 Å². The van der Waals surface area contributed by atoms with Crippen LogP contribution in [0.5, 0.6) is 0 Å². The van der Waals surface area contributed by atoms with E-state index in [-0.39, 0.29) is 37.4 Å². The number of nitro benzene ring substituents is 1. The Balaban J connectivity index is 2.28. The Morgan fingerprint density at radius 3 is 2.65 bits per heavy atom. The number of halogens is 3. The highest BCUT2D eigenvalue weighted by atomic mass is 35.5. The molecule has 8 nitrogen and oxygen atoms in total. The molecule has 0 fully saturated rings. The normalized spacial score (nSPS) is 10.9. The Morgan fingerprint density at radius 2 is 1.96 bits per heavy atom. The van der Waals surface area contributed by atoms with Gasteiger partial charge in [-0.3, -0.25) is 14.7 Å². The predicted octanol–water partition coefficient (Wildman–Crippen LogP) is 4.07. The number of anilines is 2. The van der Waals surface area contributed by atoms with Gasteiger partial charge in [0.15, 0.2) is 5.69 Å². The van der Waals surface area contributed by atoms with Gasteiger partial charge in [-0.15, -0.1) is 0 Å². The molecule has 0 spiro atoms. The molecule has 2 aromatic carbocycles. The highest BCUT2D eigenvalue weighted by molar-refractivity contribution is 6.36. The van der Waals surface area contributed by atoms with E-state index in [1.807, 2.05) is 0 Å². The molecule has 0 bridgehead atoms. The lowest BCUT2D eigenvalue weighted by Crippen LogP contribution is -2.22. The van der Waals surface area contributed by atoms with E-state index < -0.39 is 10.6 Å². The summed E-state index contributed by atoms with van der Waals surface area (Å²) in [5, 5.41) is 29.5. The van der Waals surface area contributed by atoms with Crippen LogP contribution >= 0.6 is 34.8 Å². The van der Waals surface area contributed by atoms with Crippen LogP contribution in [0.25, 0.3) is 11.0 Å². The summed E-state index contributed by atoms with van der Waals surface area (Å²) in [5.74, 6) is 0. The molecule has 0 saturated heterocycles. The highest BCUT2D eigenvalue weighted by Gasteiger charge is 2.29. The first kappa shape index (κ1) is 15.6. The first-order valence-corrected chi connectivity index (χ1v) is 7.10. The first-order valence-electron chi connectivity index (χ1n) is 5.97. The van der Waals surface area contributed by atoms with Crippen LogP contribution in [0.3, 0.4) is 0 Å². The van der Waals surface area contributed by atoms with Crippen molar-refractivity contribution in [3.05, 3.63) is 54.7 Å². The van der Waals surface area contributed by atoms with E-state index >= 15 is 0 Å². The van der Waals surface area contributed by atoms with Crippen LogP contribution in [-0.2, 0) is 0 Å². The summed E-state index contributed by atoms with van der Waals surface area (Å²) < 4.78 is 4.47. The second-order valence-electron chi connectivity index (χ2n) is 4.39. The molecule has 0 aliphatic rings. The summed E-state index contributed by atoms with van der Waals surface area (Å²) in [4.78, 5) is 10.7. The standard InChI is InChI=1S/C12H5Cl3N4O4/c13-5-1-2-6(14)8(3-5)16-11-10-9(19(22)23-17-10)4-7(15)12(11)18(20)21/h1-4,16H. The molecular weight excluding hydrogens is 371 g/mol. The Labute approximate surface area is 142 Å². The number of nitro groups is 1. The average Bonchev–Trinajstić information content (AvgIpc) is 2.84. The van der Waals surface area contributed by atoms with Crippen molar-refractivity contribution in [2.24, 2.45) is 0 Å². The van der Waals surface area contributed by atoms with E-state index in [0.29, 0.717) is 5.02 Å². The first-order chi connectivity index (χ1) is 10.9. The van der Waals surface area contributed by atoms with Crippen molar-refractivity contribution in [2.45, 2.75) is 0 Å². The molecule has 23 heavy (non-hydrogen) atoms. The molecule has 0 aliphatic carbocycles. The summed E-state index contributed by atoms with van der Waals surface area (Å²) in [6, 6.07) is 5.63. The molecule has 11 heteroatoms. The van der Waals surface area contributed by atoms with Crippen LogP contribution in [0.1, 0.15) is 0 Å². The number of benzene rings is 2. The second-order valence-corrected chi connectivity index (χ2v) is 5.64. The van der Waals surface area contributed by atoms with Crippen molar-refractivity contribution < 1.29 is 14.5 Å². The molecule has 0 unspecified atom stereocenters. The van der Waals surface area contributed by atoms with E-state index in [2.05, 4.69) is 15.1 Å². The minimum atomic E-state index is -0.702. The van der Waals surface area contributed by atoms with Crippen LogP contribution in [0, 0.1) is 15.3 Å². The third-order valence-corrected chi connectivity index (χ3v) is 3.83. The number of nitrogens with one attached hydrogen (secondary N) is 1. The Morgan fingerprint density at radius 1 is 1.22 bits per heavy atom. The number of hydrogen-bond acceptors (Lipinski definition) is 6. The molecular formula is C12H5Cl3N4O4. The fourth-order valence-electron chi connectivity index (χ4n) is 1.99. The van der Waals surface area contributed by atoms with Gasteiger partial charge in [-0.05, 0) is 23.1 Å². The molecule has 0 atom stereocenters. The summed E-state index contributed by atoms with van der Waals surface area (Å²) >= 11 is 17.8. The van der Waals surface area contributed by atoms with Gasteiger partial charge in [0.1, 0.15) is 5.02 Å². The largest absolute Gasteiger partial charge is 0.359 e. The Bertz CT molecular complexity index is 944. The van der Waals surface area contributed by atoms with E-state index in [1.165, 1.54) is 12.1 Å². The number of nitrogens with zero attached hydrogens (tertiary/aromatic N) is 3. The van der Waals surface area contributed by atoms with Gasteiger partial charge < -0.3 is 10.5 Å². The molecule has 0 amide bonds. The van der Waals surface area contributed by atoms with Gasteiger partial charge in [0.05, 0.1) is 15.6 Å². The zero-order chi connectivity index (χ0) is 16.7. The van der Waals surface area contributed by atoms with Crippen LogP contribution in [0.4, 0.5) is 17.1 Å². The van der Waals surface area contributed by atoms with Crippen molar-refractivity contribution in [1.29, 1.82) is 0 Å². The third kappa shape index (κ3) is 2.72. The number of aromatic nitrogens is 2. The number of rotatable bonds is 3. The zero-order valence-electron chi connectivity index (χ0n) is 10.9. The maximum atomic E-state index is 11.5. The minimum Gasteiger partial charge on any atom is -0.359 e. The topological polar surface area (TPSA) is 108 Å². The maximum absolute atomic E-state index is 11.5. The van der Waals surface area contributed by atoms with Gasteiger partial charge in [0.25, 0.3) is 5.52 Å². The molecule has 0 saturated carbocycles. The lowest BCUT2D eigenvalue weighted by atomic mass is 10.2. The summed E-state index contributed by atoms with van der Waals surface area (Å²) in [7, 11) is 0. The molecule has 1 heterocycles. The van der Waals surface area contributed by atoms with E-state index in [9.17, 15) is 15.3 Å². The molecule has 3 aromatic rings. The third-order valence-electron chi connectivity index (χ3n) is 2.98. The molecule has 1 aromatic heterocycles. The van der Waals surface area contributed by atoms with Crippen LogP contribution in [0.2, 0.25) is 15.1 Å². The molecule has 118 valence electrons. The Hall–Kier alpha value is -2.29. The van der Waals surface area contributed by atoms with E-state index in [1.54, 1.807) is 6.07 Å². The predicted molar refractivity (Wildman–Crippen MR) is 84.4 cm³/mol. The summed E-state index contributed by atoms with van der Waals surface area (Å²) in [5.41, 5.74) is -0.441. The SMILES string of the molecule is O=[N+]([O-])c1c(Cl)cc2c(no[n+]2[O-])c1Nc1cc(Cl)ccc1Cl. The van der Waals surface area contributed by atoms with Crippen LogP contribution < -0.4 is 10.2 Å². The average molecular weight is 376 g/mol. The monoisotopic (exact) mass is 374 g/mol. The van der Waals surface area contributed by atoms with Gasteiger partial charge in [-0.2, -0.15) is 0 Å². The summed E-state index contributed by atoms with van der Waals surface area (Å²) in [6.45, 7) is 0. The second kappa shape index (κ2) is 5.73. The lowest BCUT2D eigenvalue weighted by molar-refractivity contribution is -0.782. The zero-order valence-corrected chi connectivity index (χ0v) is 13.2. The Kier molecular flexibility index (Phi) is 3.88. The molecule has 0 radical (unpaired) electrons. The smallest absolute Gasteiger partial charge is 0.316 e. The fourth-order valence-corrected chi connectivity index (χ4v) is 2.60. The quantitative estimate of drug-likeness (QED) is 0.420. The van der Waals surface area contributed by atoms with Crippen molar-refractivity contribution in [2.75, 3.05) is 5.32 Å². The highest BCUT2D eigenvalue weighted by Crippen LogP contribution is 2.40. The van der Waals surface area contributed by atoms with Crippen molar-refractivity contribution in [1.82, 2.24) is 5.16 Å². The molecule has 1 N–H and O–H groups in total. The molecule has 3 rings (SSSR count). The lowest BCUT2D eigenvalue weighted by Gasteiger charge is -2.09. The fraction of sp³-hybridized carbons (Fsp3) is 0. The molecule has 0 aliphatic heterocycles.